The van der Waals surface area contributed by atoms with Crippen molar-refractivity contribution in [2.45, 2.75) is 106 Å². The number of aromatic amines is 1. The minimum atomic E-state index is -0.850. The standard InChI is InChI=1S/C19H20N2O4.C19H20N2O3.C14H12N2O2.2CH4.HI.H2/c1-19(2,3)25-18(24)21-15-8-9-20-11-14(15)13-6-4-12(10-16(13)21)5-7-17(22)23;1-19(2,3)24-18(23)21-16-8-9-20-12-15(16)14-7-6-13(5-4-10-22)11-17(14)21;17-14(18)4-2-9-1-3-10-11-8-15-6-5-12(11)16-13(10)7-9;;;;/h4,6,8-11H,5,7H2,1-3H3,(H,22,23);6-12H,4-5H2,1-3H3;1,3,5-8,16H,2,4H2,(H,17,18);2*1H4;2*1H. The zero-order valence-electron chi connectivity index (χ0n) is 38.6. The van der Waals surface area contributed by atoms with Crippen molar-refractivity contribution in [2.75, 3.05) is 0 Å². The summed E-state index contributed by atoms with van der Waals surface area (Å²) < 4.78 is 14.2. The van der Waals surface area contributed by atoms with Gasteiger partial charge < -0.3 is 29.5 Å². The van der Waals surface area contributed by atoms with Crippen LogP contribution in [0.3, 0.4) is 0 Å². The summed E-state index contributed by atoms with van der Waals surface area (Å²) in [5.74, 6) is -1.62. The number of nitrogens with one attached hydrogen (secondary N) is 1. The van der Waals surface area contributed by atoms with Crippen LogP contribution in [0.5, 0.6) is 0 Å². The fourth-order valence-electron chi connectivity index (χ4n) is 7.81. The van der Waals surface area contributed by atoms with Crippen LogP contribution in [0.2, 0.25) is 0 Å². The van der Waals surface area contributed by atoms with Gasteiger partial charge in [-0.3, -0.25) is 24.5 Å². The van der Waals surface area contributed by atoms with E-state index in [1.165, 1.54) is 4.57 Å². The lowest BCUT2D eigenvalue weighted by atomic mass is 10.1. The number of carboxylic acid groups (broad SMARTS) is 2. The summed E-state index contributed by atoms with van der Waals surface area (Å²) in [5, 5.41) is 23.4. The molecule has 0 spiro atoms. The van der Waals surface area contributed by atoms with Gasteiger partial charge in [-0.1, -0.05) is 51.3 Å². The third-order valence-electron chi connectivity index (χ3n) is 10.7. The van der Waals surface area contributed by atoms with E-state index in [1.54, 1.807) is 41.6 Å². The minimum Gasteiger partial charge on any atom is -0.481 e. The van der Waals surface area contributed by atoms with Gasteiger partial charge in [-0.25, -0.2) is 18.7 Å². The van der Waals surface area contributed by atoms with E-state index in [0.717, 1.165) is 82.9 Å². The van der Waals surface area contributed by atoms with Crippen LogP contribution in [0.25, 0.3) is 65.4 Å². The zero-order chi connectivity index (χ0) is 48.0. The van der Waals surface area contributed by atoms with Gasteiger partial charge in [0, 0.05) is 101 Å². The van der Waals surface area contributed by atoms with Crippen LogP contribution in [0.1, 0.15) is 93.8 Å². The number of carbonyl (C=O) groups excluding carboxylic acids is 3. The maximum Gasteiger partial charge on any atom is 0.419 e. The summed E-state index contributed by atoms with van der Waals surface area (Å²) in [5.41, 5.74) is 6.73. The van der Waals surface area contributed by atoms with Crippen molar-refractivity contribution in [1.29, 1.82) is 0 Å². The van der Waals surface area contributed by atoms with Gasteiger partial charge in [0.1, 0.15) is 17.5 Å². The Morgan fingerprint density at radius 1 is 0.557 bits per heavy atom. The average Bonchev–Trinajstić information content (AvgIpc) is 3.93. The first-order chi connectivity index (χ1) is 31.9. The molecule has 70 heavy (non-hydrogen) atoms. The Hall–Kier alpha value is -7.21. The molecule has 0 atom stereocenters. The molecule has 0 bridgehead atoms. The molecule has 0 aliphatic heterocycles. The van der Waals surface area contributed by atoms with Crippen LogP contribution < -0.4 is 0 Å². The summed E-state index contributed by atoms with van der Waals surface area (Å²) in [6.45, 7) is 11.0. The van der Waals surface area contributed by atoms with E-state index < -0.39 is 35.3 Å². The lowest BCUT2D eigenvalue weighted by Gasteiger charge is -2.20. The predicted octanol–water partition coefficient (Wildman–Crippen LogP) is 13.0. The number of ether oxygens (including phenoxy) is 2. The Morgan fingerprint density at radius 3 is 1.41 bits per heavy atom. The topological polar surface area (TPSA) is 209 Å². The number of aromatic nitrogens is 6. The highest BCUT2D eigenvalue weighted by atomic mass is 127. The van der Waals surface area contributed by atoms with Crippen molar-refractivity contribution in [3.63, 3.8) is 0 Å². The number of hydrogen-bond acceptors (Lipinski definition) is 10. The van der Waals surface area contributed by atoms with Gasteiger partial charge in [-0.05, 0) is 114 Å². The number of carboxylic acids is 2. The first kappa shape index (κ1) is 55.4. The molecule has 0 saturated heterocycles. The Balaban J connectivity index is 0.000000277. The molecule has 370 valence electrons. The van der Waals surface area contributed by atoms with Crippen LogP contribution in [0.15, 0.2) is 110 Å². The number of nitrogens with zero attached hydrogens (tertiary/aromatic N) is 5. The van der Waals surface area contributed by atoms with E-state index in [0.29, 0.717) is 31.2 Å². The maximum atomic E-state index is 12.8. The third-order valence-corrected chi connectivity index (χ3v) is 10.7. The molecule has 6 aromatic heterocycles. The van der Waals surface area contributed by atoms with Gasteiger partial charge in [-0.2, -0.15) is 0 Å². The molecule has 6 heterocycles. The Morgan fingerprint density at radius 2 is 0.971 bits per heavy atom. The number of rotatable bonds is 9. The minimum absolute atomic E-state index is 0. The average molecular weight is 1070 g/mol. The molecule has 0 saturated carbocycles. The maximum absolute atomic E-state index is 12.8. The predicted molar refractivity (Wildman–Crippen MR) is 289 cm³/mol. The summed E-state index contributed by atoms with van der Waals surface area (Å²) in [7, 11) is 0. The number of fused-ring (bicyclic) bond motifs is 9. The molecule has 0 amide bonds. The fraction of sp³-hybridized carbons (Fsp3) is 0.296. The highest BCUT2D eigenvalue weighted by Crippen LogP contribution is 2.32. The molecule has 0 radical (unpaired) electrons. The summed E-state index contributed by atoms with van der Waals surface area (Å²) in [6.07, 6.45) is 12.6. The van der Waals surface area contributed by atoms with Gasteiger partial charge in [0.05, 0.1) is 22.1 Å². The molecule has 3 aromatic carbocycles. The smallest absolute Gasteiger partial charge is 0.419 e. The normalized spacial score (nSPS) is 11.1. The SMILES string of the molecule is C.C.CC(C)(C)OC(=O)n1c2ccncc2c2ccc(CCC(=O)O)cc21.CC(C)(C)OC(=O)n1c2ccncc2c2ccc(CCC=O)cc21.I.O=C(O)CCc1ccc2c(c1)[nH]c1ccncc12.[HH]. The monoisotopic (exact) mass is 1070 g/mol. The second kappa shape index (κ2) is 23.4. The highest BCUT2D eigenvalue weighted by Gasteiger charge is 2.24. The van der Waals surface area contributed by atoms with Crippen molar-refractivity contribution < 1.29 is 45.1 Å². The first-order valence-corrected chi connectivity index (χ1v) is 21.8. The molecule has 3 N–H and O–H groups in total. The number of aliphatic carboxylic acids is 2. The second-order valence-electron chi connectivity index (χ2n) is 18.0. The van der Waals surface area contributed by atoms with Crippen molar-refractivity contribution in [2.24, 2.45) is 0 Å². The second-order valence-corrected chi connectivity index (χ2v) is 18.0. The quantitative estimate of drug-likeness (QED) is 0.0911. The summed E-state index contributed by atoms with van der Waals surface area (Å²) in [6, 6.07) is 23.1. The molecule has 9 rings (SSSR count). The fourth-order valence-corrected chi connectivity index (χ4v) is 7.81. The number of aldehydes is 1. The van der Waals surface area contributed by atoms with Gasteiger partial charge >= 0.3 is 24.1 Å². The van der Waals surface area contributed by atoms with E-state index in [4.69, 9.17) is 19.7 Å². The van der Waals surface area contributed by atoms with Crippen LogP contribution in [0.4, 0.5) is 9.59 Å². The number of pyridine rings is 3. The van der Waals surface area contributed by atoms with E-state index in [-0.39, 0.29) is 53.1 Å². The number of benzene rings is 3. The number of carbonyl (C=O) groups is 5. The highest BCUT2D eigenvalue weighted by molar-refractivity contribution is 14.0. The number of halogens is 1. The summed E-state index contributed by atoms with van der Waals surface area (Å²) >= 11 is 0. The van der Waals surface area contributed by atoms with Crippen LogP contribution >= 0.6 is 24.0 Å². The van der Waals surface area contributed by atoms with E-state index in [2.05, 4.69) is 19.9 Å². The lowest BCUT2D eigenvalue weighted by molar-refractivity contribution is -0.138. The Labute approximate surface area is 424 Å². The lowest BCUT2D eigenvalue weighted by Crippen LogP contribution is -2.27. The van der Waals surface area contributed by atoms with E-state index >= 15 is 0 Å². The number of aryl methyl sites for hydroxylation is 3. The van der Waals surface area contributed by atoms with Gasteiger partial charge in [0.25, 0.3) is 0 Å². The third kappa shape index (κ3) is 13.1. The number of H-pyrrole nitrogens is 1. The molecule has 0 aliphatic rings. The van der Waals surface area contributed by atoms with E-state index in [1.807, 2.05) is 114 Å². The Kier molecular flexibility index (Phi) is 18.5. The van der Waals surface area contributed by atoms with Gasteiger partial charge in [0.2, 0.25) is 0 Å². The summed E-state index contributed by atoms with van der Waals surface area (Å²) in [4.78, 5) is 73.3. The largest absolute Gasteiger partial charge is 0.481 e. The van der Waals surface area contributed by atoms with Gasteiger partial charge in [0.15, 0.2) is 0 Å². The van der Waals surface area contributed by atoms with Crippen LogP contribution in [0, 0.1) is 0 Å². The number of hydrogen-bond donors (Lipinski definition) is 3. The van der Waals surface area contributed by atoms with Crippen LogP contribution in [-0.2, 0) is 43.1 Å². The molecule has 15 nitrogen and oxygen atoms in total. The molecule has 0 fully saturated rings. The molecular formula is C54H63IN6O9. The molecule has 0 unspecified atom stereocenters. The molecule has 9 aromatic rings. The van der Waals surface area contributed by atoms with Crippen LogP contribution in [-0.4, -0.2) is 80.9 Å². The Bertz CT molecular complexity index is 3330. The van der Waals surface area contributed by atoms with Crippen molar-refractivity contribution in [3.05, 3.63) is 127 Å². The van der Waals surface area contributed by atoms with Gasteiger partial charge in [-0.15, -0.1) is 24.0 Å². The van der Waals surface area contributed by atoms with E-state index in [9.17, 15) is 24.0 Å². The first-order valence-electron chi connectivity index (χ1n) is 21.8. The zero-order valence-corrected chi connectivity index (χ0v) is 40.9. The van der Waals surface area contributed by atoms with Crippen molar-refractivity contribution in [3.8, 4) is 0 Å². The molecular weight excluding hydrogens is 1000 g/mol. The molecule has 0 aliphatic carbocycles. The van der Waals surface area contributed by atoms with Crippen molar-refractivity contribution >= 4 is 120 Å². The molecule has 16 heteroatoms. The van der Waals surface area contributed by atoms with Crippen molar-refractivity contribution in [1.82, 2.24) is 29.1 Å².